The predicted octanol–water partition coefficient (Wildman–Crippen LogP) is 2.87. The van der Waals surface area contributed by atoms with Crippen LogP contribution in [-0.4, -0.2) is 39.1 Å². The summed E-state index contributed by atoms with van der Waals surface area (Å²) in [6.45, 7) is 5.88. The molecule has 7 nitrogen and oxygen atoms in total. The Morgan fingerprint density at radius 2 is 1.55 bits per heavy atom. The van der Waals surface area contributed by atoms with Crippen LogP contribution in [0.3, 0.4) is 0 Å². The SMILES string of the molecule is CCNC(=NCc1ccc2c(c1)OCCCO2)NCCc1ccc2c(c1)OCO2. The largest absolute Gasteiger partial charge is 0.490 e. The standard InChI is InChI=1S/C22H27N3O4/c1-2-23-22(24-9-8-16-4-6-19-21(12-16)29-15-28-19)25-14-17-5-7-18-20(13-17)27-11-3-10-26-18/h4-7,12-13H,2-3,8-11,14-15H2,1H3,(H2,23,24,25). The first-order chi connectivity index (χ1) is 14.3. The number of hydrogen-bond acceptors (Lipinski definition) is 5. The van der Waals surface area contributed by atoms with Gasteiger partial charge in [-0.2, -0.15) is 0 Å². The van der Waals surface area contributed by atoms with Crippen molar-refractivity contribution in [2.24, 2.45) is 4.99 Å². The maximum absolute atomic E-state index is 5.77. The first kappa shape index (κ1) is 19.2. The lowest BCUT2D eigenvalue weighted by Crippen LogP contribution is -2.38. The van der Waals surface area contributed by atoms with Gasteiger partial charge >= 0.3 is 0 Å². The van der Waals surface area contributed by atoms with Crippen molar-refractivity contribution in [3.8, 4) is 23.0 Å². The summed E-state index contributed by atoms with van der Waals surface area (Å²) in [6.07, 6.45) is 1.77. The van der Waals surface area contributed by atoms with Crippen LogP contribution in [0, 0.1) is 0 Å². The summed E-state index contributed by atoms with van der Waals surface area (Å²) < 4.78 is 22.3. The van der Waals surface area contributed by atoms with Crippen molar-refractivity contribution < 1.29 is 18.9 Å². The molecule has 0 spiro atoms. The van der Waals surface area contributed by atoms with Gasteiger partial charge in [0.05, 0.1) is 19.8 Å². The van der Waals surface area contributed by atoms with Gasteiger partial charge in [-0.05, 0) is 48.7 Å². The summed E-state index contributed by atoms with van der Waals surface area (Å²) in [5.41, 5.74) is 2.28. The average Bonchev–Trinajstić information content (AvgIpc) is 3.08. The number of fused-ring (bicyclic) bond motifs is 2. The smallest absolute Gasteiger partial charge is 0.231 e. The molecule has 7 heteroatoms. The molecule has 4 rings (SSSR count). The van der Waals surface area contributed by atoms with Crippen molar-refractivity contribution in [1.29, 1.82) is 0 Å². The van der Waals surface area contributed by atoms with Crippen molar-refractivity contribution in [1.82, 2.24) is 10.6 Å². The van der Waals surface area contributed by atoms with Crippen LogP contribution in [0.4, 0.5) is 0 Å². The molecule has 0 unspecified atom stereocenters. The van der Waals surface area contributed by atoms with Crippen LogP contribution in [0.1, 0.15) is 24.5 Å². The Bertz CT molecular complexity index is 869. The molecule has 0 aromatic heterocycles. The topological polar surface area (TPSA) is 73.3 Å². The second-order valence-electron chi connectivity index (χ2n) is 6.89. The molecule has 2 heterocycles. The fourth-order valence-corrected chi connectivity index (χ4v) is 3.24. The molecule has 2 aliphatic rings. The number of benzene rings is 2. The van der Waals surface area contributed by atoms with Crippen LogP contribution in [0.15, 0.2) is 41.4 Å². The van der Waals surface area contributed by atoms with Crippen LogP contribution in [0.25, 0.3) is 0 Å². The third-order valence-corrected chi connectivity index (χ3v) is 4.72. The Morgan fingerprint density at radius 1 is 0.862 bits per heavy atom. The number of rotatable bonds is 6. The van der Waals surface area contributed by atoms with Crippen molar-refractivity contribution in [3.05, 3.63) is 47.5 Å². The molecule has 0 saturated heterocycles. The number of guanidine groups is 1. The second-order valence-corrected chi connectivity index (χ2v) is 6.89. The van der Waals surface area contributed by atoms with E-state index in [1.807, 2.05) is 30.3 Å². The minimum Gasteiger partial charge on any atom is -0.490 e. The van der Waals surface area contributed by atoms with E-state index in [1.165, 1.54) is 5.56 Å². The van der Waals surface area contributed by atoms with Gasteiger partial charge < -0.3 is 29.6 Å². The van der Waals surface area contributed by atoms with Crippen molar-refractivity contribution in [2.75, 3.05) is 33.1 Å². The summed E-state index contributed by atoms with van der Waals surface area (Å²) in [5.74, 6) is 4.03. The third kappa shape index (κ3) is 5.04. The summed E-state index contributed by atoms with van der Waals surface area (Å²) in [6, 6.07) is 12.1. The molecule has 0 bridgehead atoms. The Kier molecular flexibility index (Phi) is 6.24. The third-order valence-electron chi connectivity index (χ3n) is 4.72. The van der Waals surface area contributed by atoms with E-state index in [0.717, 1.165) is 60.5 Å². The molecule has 29 heavy (non-hydrogen) atoms. The molecule has 0 saturated carbocycles. The zero-order valence-electron chi connectivity index (χ0n) is 16.7. The Balaban J connectivity index is 1.33. The van der Waals surface area contributed by atoms with E-state index in [4.69, 9.17) is 23.9 Å². The van der Waals surface area contributed by atoms with E-state index in [-0.39, 0.29) is 0 Å². The first-order valence-electron chi connectivity index (χ1n) is 10.1. The highest BCUT2D eigenvalue weighted by Gasteiger charge is 2.13. The normalized spacial score (nSPS) is 15.0. The van der Waals surface area contributed by atoms with Gasteiger partial charge in [0.25, 0.3) is 0 Å². The van der Waals surface area contributed by atoms with Gasteiger partial charge in [0, 0.05) is 19.5 Å². The van der Waals surface area contributed by atoms with Crippen molar-refractivity contribution in [3.63, 3.8) is 0 Å². The molecule has 0 radical (unpaired) electrons. The van der Waals surface area contributed by atoms with Gasteiger partial charge in [0.2, 0.25) is 6.79 Å². The van der Waals surface area contributed by atoms with Gasteiger partial charge in [-0.1, -0.05) is 12.1 Å². The second kappa shape index (κ2) is 9.41. The fourth-order valence-electron chi connectivity index (χ4n) is 3.24. The van der Waals surface area contributed by atoms with Gasteiger partial charge in [-0.25, -0.2) is 4.99 Å². The Hall–Kier alpha value is -3.09. The van der Waals surface area contributed by atoms with Crippen LogP contribution >= 0.6 is 0 Å². The van der Waals surface area contributed by atoms with Gasteiger partial charge in [0.15, 0.2) is 29.0 Å². The van der Waals surface area contributed by atoms with Crippen molar-refractivity contribution in [2.45, 2.75) is 26.3 Å². The first-order valence-corrected chi connectivity index (χ1v) is 10.1. The summed E-state index contributed by atoms with van der Waals surface area (Å²) in [5, 5.41) is 6.68. The number of nitrogens with zero attached hydrogens (tertiary/aromatic N) is 1. The fraction of sp³-hybridized carbons (Fsp3) is 0.409. The zero-order valence-corrected chi connectivity index (χ0v) is 16.7. The lowest BCUT2D eigenvalue weighted by atomic mass is 10.1. The molecule has 2 aromatic carbocycles. The highest BCUT2D eigenvalue weighted by atomic mass is 16.7. The molecule has 0 fully saturated rings. The molecule has 2 N–H and O–H groups in total. The van der Waals surface area contributed by atoms with E-state index in [2.05, 4.69) is 23.6 Å². The number of aliphatic imine (C=N–C) groups is 1. The monoisotopic (exact) mass is 397 g/mol. The van der Waals surface area contributed by atoms with Crippen LogP contribution in [0.5, 0.6) is 23.0 Å². The lowest BCUT2D eigenvalue weighted by molar-refractivity contribution is 0.174. The molecule has 0 atom stereocenters. The Labute approximate surface area is 171 Å². The minimum atomic E-state index is 0.300. The quantitative estimate of drug-likeness (QED) is 0.577. The van der Waals surface area contributed by atoms with E-state index in [1.54, 1.807) is 0 Å². The Morgan fingerprint density at radius 3 is 2.41 bits per heavy atom. The molecule has 0 amide bonds. The van der Waals surface area contributed by atoms with Crippen LogP contribution in [-0.2, 0) is 13.0 Å². The molecular formula is C22H27N3O4. The van der Waals surface area contributed by atoms with Gasteiger partial charge in [0.1, 0.15) is 0 Å². The zero-order chi connectivity index (χ0) is 19.9. The summed E-state index contributed by atoms with van der Waals surface area (Å²) >= 11 is 0. The molecule has 2 aromatic rings. The van der Waals surface area contributed by atoms with E-state index in [9.17, 15) is 0 Å². The van der Waals surface area contributed by atoms with Crippen molar-refractivity contribution >= 4 is 5.96 Å². The highest BCUT2D eigenvalue weighted by molar-refractivity contribution is 5.79. The predicted molar refractivity (Wildman–Crippen MR) is 111 cm³/mol. The molecule has 0 aliphatic carbocycles. The van der Waals surface area contributed by atoms with E-state index >= 15 is 0 Å². The maximum atomic E-state index is 5.77. The summed E-state index contributed by atoms with van der Waals surface area (Å²) in [4.78, 5) is 4.70. The minimum absolute atomic E-state index is 0.300. The highest BCUT2D eigenvalue weighted by Crippen LogP contribution is 2.32. The van der Waals surface area contributed by atoms with Crippen LogP contribution < -0.4 is 29.6 Å². The number of nitrogens with one attached hydrogen (secondary N) is 2. The van der Waals surface area contributed by atoms with Gasteiger partial charge in [-0.3, -0.25) is 0 Å². The number of ether oxygens (including phenoxy) is 4. The van der Waals surface area contributed by atoms with Crippen LogP contribution in [0.2, 0.25) is 0 Å². The summed E-state index contributed by atoms with van der Waals surface area (Å²) in [7, 11) is 0. The molecular weight excluding hydrogens is 370 g/mol. The number of hydrogen-bond donors (Lipinski definition) is 2. The molecule has 2 aliphatic heterocycles. The average molecular weight is 397 g/mol. The maximum Gasteiger partial charge on any atom is 0.231 e. The lowest BCUT2D eigenvalue weighted by Gasteiger charge is -2.12. The van der Waals surface area contributed by atoms with E-state index < -0.39 is 0 Å². The van der Waals surface area contributed by atoms with Gasteiger partial charge in [-0.15, -0.1) is 0 Å². The van der Waals surface area contributed by atoms with E-state index in [0.29, 0.717) is 26.6 Å². The molecule has 154 valence electrons.